The van der Waals surface area contributed by atoms with Gasteiger partial charge in [0.15, 0.2) is 0 Å². The van der Waals surface area contributed by atoms with Crippen molar-refractivity contribution in [3.05, 3.63) is 35.6 Å². The van der Waals surface area contributed by atoms with E-state index < -0.39 is 0 Å². The van der Waals surface area contributed by atoms with Crippen LogP contribution >= 0.6 is 0 Å². The summed E-state index contributed by atoms with van der Waals surface area (Å²) < 4.78 is 13.3. The largest absolute Gasteiger partial charge is 0.343 e. The fraction of sp³-hybridized carbons (Fsp3) is 0.619. The maximum Gasteiger partial charge on any atom is 0.225 e. The number of nitrogens with zero attached hydrogens (tertiary/aromatic N) is 2. The minimum atomic E-state index is -0.181. The number of halogens is 1. The fourth-order valence-electron chi connectivity index (χ4n) is 4.26. The molecule has 1 atom stereocenters. The van der Waals surface area contributed by atoms with Crippen molar-refractivity contribution in [3.8, 4) is 0 Å². The van der Waals surface area contributed by atoms with Crippen molar-refractivity contribution in [3.63, 3.8) is 0 Å². The number of rotatable bonds is 4. The number of hydrogen-bond acceptors (Lipinski definition) is 2. The maximum absolute atomic E-state index is 13.3. The second-order valence-electron chi connectivity index (χ2n) is 7.74. The summed E-state index contributed by atoms with van der Waals surface area (Å²) >= 11 is 0. The lowest BCUT2D eigenvalue weighted by atomic mass is 9.89. The summed E-state index contributed by atoms with van der Waals surface area (Å²) in [5.41, 5.74) is 1.03. The summed E-state index contributed by atoms with van der Waals surface area (Å²) in [7, 11) is 0. The Hall–Kier alpha value is -1.91. The molecule has 0 N–H and O–H groups in total. The van der Waals surface area contributed by atoms with Gasteiger partial charge in [-0.25, -0.2) is 4.39 Å². The molecule has 2 amide bonds. The van der Waals surface area contributed by atoms with Crippen LogP contribution in [0.5, 0.6) is 0 Å². The predicted octanol–water partition coefficient (Wildman–Crippen LogP) is 3.26. The van der Waals surface area contributed by atoms with Gasteiger partial charge in [0, 0.05) is 39.0 Å². The van der Waals surface area contributed by atoms with Gasteiger partial charge < -0.3 is 9.80 Å². The molecular weight excluding hydrogens is 331 g/mol. The van der Waals surface area contributed by atoms with Crippen molar-refractivity contribution in [2.75, 3.05) is 26.2 Å². The molecule has 0 bridgehead atoms. The van der Waals surface area contributed by atoms with E-state index in [9.17, 15) is 14.0 Å². The Balaban J connectivity index is 1.48. The van der Waals surface area contributed by atoms with Gasteiger partial charge >= 0.3 is 0 Å². The second kappa shape index (κ2) is 8.65. The quantitative estimate of drug-likeness (QED) is 0.827. The highest BCUT2D eigenvalue weighted by molar-refractivity contribution is 5.79. The first-order chi connectivity index (χ1) is 12.5. The first-order valence-electron chi connectivity index (χ1n) is 9.81. The summed E-state index contributed by atoms with van der Waals surface area (Å²) in [5, 5.41) is 0. The van der Waals surface area contributed by atoms with Gasteiger partial charge in [-0.3, -0.25) is 9.59 Å². The van der Waals surface area contributed by atoms with Crippen LogP contribution in [0.4, 0.5) is 4.39 Å². The van der Waals surface area contributed by atoms with Crippen molar-refractivity contribution >= 4 is 11.8 Å². The summed E-state index contributed by atoms with van der Waals surface area (Å²) in [6, 6.07) is 6.81. The number of carbonyl (C=O) groups excluding carboxylic acids is 2. The van der Waals surface area contributed by atoms with Crippen LogP contribution < -0.4 is 0 Å². The van der Waals surface area contributed by atoms with E-state index in [0.29, 0.717) is 19.0 Å². The molecule has 26 heavy (non-hydrogen) atoms. The Morgan fingerprint density at radius 3 is 2.58 bits per heavy atom. The van der Waals surface area contributed by atoms with E-state index in [2.05, 4.69) is 0 Å². The van der Waals surface area contributed by atoms with Gasteiger partial charge in [-0.1, -0.05) is 12.1 Å². The zero-order valence-corrected chi connectivity index (χ0v) is 15.6. The molecule has 2 aliphatic rings. The standard InChI is InChI=1S/C21H29FN2O2/c1-16(25)23-12-9-19(10-13-23)21(26)24-11-3-5-18(15-24)8-7-17-4-2-6-20(22)14-17/h2,4,6,14,18-19H,3,5,7-13,15H2,1H3/t18-/m0/s1. The van der Waals surface area contributed by atoms with Crippen molar-refractivity contribution in [2.45, 2.75) is 45.4 Å². The van der Waals surface area contributed by atoms with Crippen LogP contribution in [-0.4, -0.2) is 47.8 Å². The van der Waals surface area contributed by atoms with Gasteiger partial charge in [-0.2, -0.15) is 0 Å². The Morgan fingerprint density at radius 1 is 1.12 bits per heavy atom. The molecule has 1 aromatic rings. The Labute approximate surface area is 155 Å². The van der Waals surface area contributed by atoms with Gasteiger partial charge in [-0.05, 0) is 62.1 Å². The zero-order chi connectivity index (χ0) is 18.5. The molecule has 0 unspecified atom stereocenters. The van der Waals surface area contributed by atoms with Crippen molar-refractivity contribution in [2.24, 2.45) is 11.8 Å². The highest BCUT2D eigenvalue weighted by atomic mass is 19.1. The SMILES string of the molecule is CC(=O)N1CCC(C(=O)N2CCC[C@@H](CCc3cccc(F)c3)C2)CC1. The molecule has 2 fully saturated rings. The molecule has 2 heterocycles. The van der Waals surface area contributed by atoms with Crippen LogP contribution in [0.2, 0.25) is 0 Å². The van der Waals surface area contributed by atoms with Gasteiger partial charge in [0.1, 0.15) is 5.82 Å². The van der Waals surface area contributed by atoms with E-state index in [1.54, 1.807) is 19.1 Å². The number of carbonyl (C=O) groups is 2. The van der Waals surface area contributed by atoms with Gasteiger partial charge in [0.2, 0.25) is 11.8 Å². The lowest BCUT2D eigenvalue weighted by molar-refractivity contribution is -0.141. The molecule has 1 aromatic carbocycles. The lowest BCUT2D eigenvalue weighted by Crippen LogP contribution is -2.47. The molecule has 4 nitrogen and oxygen atoms in total. The maximum atomic E-state index is 13.3. The number of hydrogen-bond donors (Lipinski definition) is 0. The monoisotopic (exact) mass is 360 g/mol. The van der Waals surface area contributed by atoms with Crippen LogP contribution in [0.3, 0.4) is 0 Å². The first-order valence-corrected chi connectivity index (χ1v) is 9.81. The van der Waals surface area contributed by atoms with E-state index in [1.165, 1.54) is 6.07 Å². The van der Waals surface area contributed by atoms with E-state index in [-0.39, 0.29) is 23.5 Å². The molecule has 3 rings (SSSR count). The predicted molar refractivity (Wildman–Crippen MR) is 99.0 cm³/mol. The second-order valence-corrected chi connectivity index (χ2v) is 7.74. The summed E-state index contributed by atoms with van der Waals surface area (Å²) in [6.45, 7) is 4.66. The molecule has 2 aliphatic heterocycles. The average molecular weight is 360 g/mol. The highest BCUT2D eigenvalue weighted by Crippen LogP contribution is 2.26. The summed E-state index contributed by atoms with van der Waals surface area (Å²) in [6.07, 6.45) is 5.61. The lowest BCUT2D eigenvalue weighted by Gasteiger charge is -2.37. The number of amides is 2. The highest BCUT2D eigenvalue weighted by Gasteiger charge is 2.31. The summed E-state index contributed by atoms with van der Waals surface area (Å²) in [5.74, 6) is 0.746. The van der Waals surface area contributed by atoms with Crippen LogP contribution in [0.15, 0.2) is 24.3 Å². The average Bonchev–Trinajstić information content (AvgIpc) is 2.66. The van der Waals surface area contributed by atoms with Gasteiger partial charge in [-0.15, -0.1) is 0 Å². The smallest absolute Gasteiger partial charge is 0.225 e. The molecule has 2 saturated heterocycles. The molecule has 0 saturated carbocycles. The number of benzene rings is 1. The van der Waals surface area contributed by atoms with Gasteiger partial charge in [0.05, 0.1) is 0 Å². The first kappa shape index (κ1) is 18.9. The third kappa shape index (κ3) is 4.83. The van der Waals surface area contributed by atoms with Crippen molar-refractivity contribution in [1.82, 2.24) is 9.80 Å². The molecule has 142 valence electrons. The van der Waals surface area contributed by atoms with Crippen LogP contribution in [-0.2, 0) is 16.0 Å². The number of likely N-dealkylation sites (tertiary alicyclic amines) is 2. The van der Waals surface area contributed by atoms with Crippen molar-refractivity contribution in [1.29, 1.82) is 0 Å². The molecule has 0 aliphatic carbocycles. The Morgan fingerprint density at radius 2 is 1.88 bits per heavy atom. The van der Waals surface area contributed by atoms with Crippen molar-refractivity contribution < 1.29 is 14.0 Å². The van der Waals surface area contributed by atoms with Crippen LogP contribution in [0, 0.1) is 17.7 Å². The van der Waals surface area contributed by atoms with E-state index >= 15 is 0 Å². The molecule has 0 spiro atoms. The molecular formula is C21H29FN2O2. The molecule has 0 aromatic heterocycles. The van der Waals surface area contributed by atoms with E-state index in [4.69, 9.17) is 0 Å². The minimum Gasteiger partial charge on any atom is -0.343 e. The molecule has 0 radical (unpaired) electrons. The van der Waals surface area contributed by atoms with Gasteiger partial charge in [0.25, 0.3) is 0 Å². The van der Waals surface area contributed by atoms with Crippen LogP contribution in [0.1, 0.15) is 44.6 Å². The van der Waals surface area contributed by atoms with E-state index in [0.717, 1.165) is 57.2 Å². The topological polar surface area (TPSA) is 40.6 Å². The minimum absolute atomic E-state index is 0.0626. The fourth-order valence-corrected chi connectivity index (χ4v) is 4.26. The van der Waals surface area contributed by atoms with E-state index in [1.807, 2.05) is 15.9 Å². The Kier molecular flexibility index (Phi) is 6.28. The zero-order valence-electron chi connectivity index (χ0n) is 15.6. The third-order valence-electron chi connectivity index (χ3n) is 5.85. The Bertz CT molecular complexity index is 641. The number of aryl methyl sites for hydroxylation is 1. The third-order valence-corrected chi connectivity index (χ3v) is 5.85. The summed E-state index contributed by atoms with van der Waals surface area (Å²) in [4.78, 5) is 28.2. The number of piperidine rings is 2. The normalized spacial score (nSPS) is 21.7. The van der Waals surface area contributed by atoms with Crippen LogP contribution in [0.25, 0.3) is 0 Å². The molecule has 5 heteroatoms.